The third kappa shape index (κ3) is 3.59. The summed E-state index contributed by atoms with van der Waals surface area (Å²) < 4.78 is 0. The van der Waals surface area contributed by atoms with E-state index in [1.165, 1.54) is 5.70 Å². The zero-order valence-electron chi connectivity index (χ0n) is 16.6. The SMILES string of the molecule is CC(C)CC1=C2C(=NCCN1)C(=O)N(Cc1ccccc1)C2c1ccccc1. The molecule has 2 aliphatic heterocycles. The van der Waals surface area contributed by atoms with Crippen LogP contribution in [0, 0.1) is 5.92 Å². The fraction of sp³-hybridized carbons (Fsp3) is 0.333. The number of fused-ring (bicyclic) bond motifs is 1. The Bertz CT molecular complexity index is 900. The Hall–Kier alpha value is -2.88. The lowest BCUT2D eigenvalue weighted by Gasteiger charge is -2.27. The van der Waals surface area contributed by atoms with Crippen LogP contribution in [0.2, 0.25) is 0 Å². The van der Waals surface area contributed by atoms with Crippen molar-refractivity contribution in [3.63, 3.8) is 0 Å². The molecule has 1 unspecified atom stereocenters. The molecule has 4 heteroatoms. The van der Waals surface area contributed by atoms with Gasteiger partial charge in [0.2, 0.25) is 0 Å². The number of likely N-dealkylation sites (tertiary alicyclic amines) is 1. The minimum absolute atomic E-state index is 0.0395. The summed E-state index contributed by atoms with van der Waals surface area (Å²) in [6.07, 6.45) is 0.921. The minimum atomic E-state index is -0.105. The first-order valence-corrected chi connectivity index (χ1v) is 10.1. The summed E-state index contributed by atoms with van der Waals surface area (Å²) >= 11 is 0. The second kappa shape index (κ2) is 8.01. The quantitative estimate of drug-likeness (QED) is 0.857. The molecule has 4 nitrogen and oxygen atoms in total. The summed E-state index contributed by atoms with van der Waals surface area (Å²) in [6, 6.07) is 20.4. The maximum Gasteiger partial charge on any atom is 0.273 e. The molecule has 2 aliphatic rings. The van der Waals surface area contributed by atoms with Crippen LogP contribution in [0.1, 0.15) is 37.4 Å². The Morgan fingerprint density at radius 2 is 1.75 bits per heavy atom. The fourth-order valence-corrected chi connectivity index (χ4v) is 4.10. The molecule has 0 spiro atoms. The van der Waals surface area contributed by atoms with E-state index in [4.69, 9.17) is 4.99 Å². The number of rotatable bonds is 5. The number of carbonyl (C=O) groups is 1. The van der Waals surface area contributed by atoms with Gasteiger partial charge in [0.05, 0.1) is 12.6 Å². The number of nitrogens with zero attached hydrogens (tertiary/aromatic N) is 2. The standard InChI is InChI=1S/C24H27N3O/c1-17(2)15-20-21-22(26-14-13-25-20)24(28)27(16-18-9-5-3-6-10-18)23(21)19-11-7-4-8-12-19/h3-12,17,23,25H,13-16H2,1-2H3. The van der Waals surface area contributed by atoms with Crippen LogP contribution in [0.4, 0.5) is 0 Å². The van der Waals surface area contributed by atoms with Gasteiger partial charge in [0.15, 0.2) is 0 Å². The molecule has 2 heterocycles. The Morgan fingerprint density at radius 1 is 1.07 bits per heavy atom. The third-order valence-corrected chi connectivity index (χ3v) is 5.27. The topological polar surface area (TPSA) is 44.7 Å². The Labute approximate surface area is 167 Å². The largest absolute Gasteiger partial charge is 0.386 e. The van der Waals surface area contributed by atoms with Crippen LogP contribution in [0.5, 0.6) is 0 Å². The molecule has 0 saturated carbocycles. The van der Waals surface area contributed by atoms with E-state index in [0.29, 0.717) is 24.7 Å². The smallest absolute Gasteiger partial charge is 0.273 e. The highest BCUT2D eigenvalue weighted by atomic mass is 16.2. The van der Waals surface area contributed by atoms with Gasteiger partial charge in [0.25, 0.3) is 5.91 Å². The number of allylic oxidation sites excluding steroid dienone is 1. The van der Waals surface area contributed by atoms with Crippen molar-refractivity contribution in [2.45, 2.75) is 32.9 Å². The molecule has 1 saturated heterocycles. The van der Waals surface area contributed by atoms with Crippen molar-refractivity contribution < 1.29 is 4.79 Å². The van der Waals surface area contributed by atoms with Crippen LogP contribution in [0.25, 0.3) is 0 Å². The predicted molar refractivity (Wildman–Crippen MR) is 113 cm³/mol. The molecule has 1 amide bonds. The van der Waals surface area contributed by atoms with Crippen molar-refractivity contribution in [1.82, 2.24) is 10.2 Å². The van der Waals surface area contributed by atoms with Gasteiger partial charge in [-0.05, 0) is 23.5 Å². The molecule has 0 aliphatic carbocycles. The van der Waals surface area contributed by atoms with Crippen molar-refractivity contribution in [2.24, 2.45) is 10.9 Å². The lowest BCUT2D eigenvalue weighted by Crippen LogP contribution is -2.30. The van der Waals surface area contributed by atoms with Crippen LogP contribution >= 0.6 is 0 Å². The summed E-state index contributed by atoms with van der Waals surface area (Å²) in [4.78, 5) is 20.1. The summed E-state index contributed by atoms with van der Waals surface area (Å²) in [5.74, 6) is 0.543. The van der Waals surface area contributed by atoms with Gasteiger partial charge in [0.1, 0.15) is 5.71 Å². The van der Waals surface area contributed by atoms with Gasteiger partial charge in [-0.3, -0.25) is 9.79 Å². The van der Waals surface area contributed by atoms with Gasteiger partial charge in [-0.15, -0.1) is 0 Å². The molecular weight excluding hydrogens is 346 g/mol. The average Bonchev–Trinajstić information content (AvgIpc) is 2.84. The lowest BCUT2D eigenvalue weighted by molar-refractivity contribution is -0.124. The van der Waals surface area contributed by atoms with Gasteiger partial charge >= 0.3 is 0 Å². The van der Waals surface area contributed by atoms with Crippen LogP contribution < -0.4 is 5.32 Å². The number of benzene rings is 2. The fourth-order valence-electron chi connectivity index (χ4n) is 4.10. The molecule has 0 aromatic heterocycles. The molecule has 4 rings (SSSR count). The van der Waals surface area contributed by atoms with E-state index >= 15 is 0 Å². The molecular formula is C24H27N3O. The van der Waals surface area contributed by atoms with Crippen molar-refractivity contribution in [3.05, 3.63) is 83.1 Å². The van der Waals surface area contributed by atoms with Gasteiger partial charge in [-0.2, -0.15) is 0 Å². The summed E-state index contributed by atoms with van der Waals surface area (Å²) in [6.45, 7) is 6.42. The highest BCUT2D eigenvalue weighted by Gasteiger charge is 2.44. The highest BCUT2D eigenvalue weighted by Crippen LogP contribution is 2.40. The molecule has 2 aromatic rings. The number of carbonyl (C=O) groups excluding carboxylic acids is 1. The van der Waals surface area contributed by atoms with Crippen LogP contribution in [0.3, 0.4) is 0 Å². The second-order valence-corrected chi connectivity index (χ2v) is 7.88. The van der Waals surface area contributed by atoms with Gasteiger partial charge < -0.3 is 10.2 Å². The lowest BCUT2D eigenvalue weighted by atomic mass is 9.93. The first kappa shape index (κ1) is 18.5. The van der Waals surface area contributed by atoms with Crippen LogP contribution in [-0.2, 0) is 11.3 Å². The van der Waals surface area contributed by atoms with Crippen LogP contribution in [0.15, 0.2) is 76.9 Å². The van der Waals surface area contributed by atoms with Gasteiger partial charge in [-0.25, -0.2) is 0 Å². The maximum absolute atomic E-state index is 13.4. The maximum atomic E-state index is 13.4. The molecule has 0 radical (unpaired) electrons. The summed E-state index contributed by atoms with van der Waals surface area (Å²) in [5, 5.41) is 3.58. The Balaban J connectivity index is 1.84. The van der Waals surface area contributed by atoms with Crippen molar-refractivity contribution >= 4 is 11.6 Å². The number of amides is 1. The zero-order valence-corrected chi connectivity index (χ0v) is 16.6. The van der Waals surface area contributed by atoms with E-state index in [-0.39, 0.29) is 11.9 Å². The molecule has 1 fully saturated rings. The molecule has 28 heavy (non-hydrogen) atoms. The predicted octanol–water partition coefficient (Wildman–Crippen LogP) is 4.11. The van der Waals surface area contributed by atoms with Gasteiger partial charge in [-0.1, -0.05) is 74.5 Å². The first-order chi connectivity index (χ1) is 13.6. The number of hydrogen-bond donors (Lipinski definition) is 1. The zero-order chi connectivity index (χ0) is 19.5. The minimum Gasteiger partial charge on any atom is -0.386 e. The molecule has 1 N–H and O–H groups in total. The number of aliphatic imine (C=N–C) groups is 1. The van der Waals surface area contributed by atoms with Crippen LogP contribution in [-0.4, -0.2) is 29.6 Å². The molecule has 2 aromatic carbocycles. The Morgan fingerprint density at radius 3 is 2.43 bits per heavy atom. The molecule has 144 valence electrons. The van der Waals surface area contributed by atoms with Crippen molar-refractivity contribution in [2.75, 3.05) is 13.1 Å². The van der Waals surface area contributed by atoms with Crippen molar-refractivity contribution in [3.8, 4) is 0 Å². The number of nitrogens with one attached hydrogen (secondary N) is 1. The van der Waals surface area contributed by atoms with E-state index < -0.39 is 0 Å². The summed E-state index contributed by atoms with van der Waals surface area (Å²) in [7, 11) is 0. The third-order valence-electron chi connectivity index (χ3n) is 5.27. The van der Waals surface area contributed by atoms with E-state index in [1.807, 2.05) is 41.3 Å². The highest BCUT2D eigenvalue weighted by molar-refractivity contribution is 6.48. The van der Waals surface area contributed by atoms with E-state index in [1.54, 1.807) is 0 Å². The first-order valence-electron chi connectivity index (χ1n) is 10.1. The van der Waals surface area contributed by atoms with Gasteiger partial charge in [0, 0.05) is 24.4 Å². The normalized spacial score (nSPS) is 19.4. The monoisotopic (exact) mass is 373 g/mol. The summed E-state index contributed by atoms with van der Waals surface area (Å²) in [5.41, 5.74) is 5.15. The second-order valence-electron chi connectivity index (χ2n) is 7.88. The molecule has 1 atom stereocenters. The molecule has 0 bridgehead atoms. The average molecular weight is 374 g/mol. The van der Waals surface area contributed by atoms with E-state index in [0.717, 1.165) is 29.7 Å². The van der Waals surface area contributed by atoms with E-state index in [9.17, 15) is 4.79 Å². The number of hydrogen-bond acceptors (Lipinski definition) is 3. The van der Waals surface area contributed by atoms with E-state index in [2.05, 4.69) is 43.4 Å². The van der Waals surface area contributed by atoms with Crippen molar-refractivity contribution in [1.29, 1.82) is 0 Å². The Kier molecular flexibility index (Phi) is 5.29.